The van der Waals surface area contributed by atoms with E-state index in [4.69, 9.17) is 0 Å². The molecule has 0 spiro atoms. The number of fused-ring (bicyclic) bond motifs is 1. The normalized spacial score (nSPS) is 26.3. The minimum Gasteiger partial charge on any atom is -0.387 e. The van der Waals surface area contributed by atoms with Crippen LogP contribution in [0.4, 0.5) is 0 Å². The minimum absolute atomic E-state index is 0.353. The van der Waals surface area contributed by atoms with Crippen LogP contribution in [0.1, 0.15) is 30.1 Å². The van der Waals surface area contributed by atoms with Crippen LogP contribution in [0, 0.1) is 6.92 Å². The second-order valence-electron chi connectivity index (χ2n) is 5.96. The summed E-state index contributed by atoms with van der Waals surface area (Å²) >= 11 is 0. The Morgan fingerprint density at radius 2 is 2.11 bits per heavy atom. The van der Waals surface area contributed by atoms with E-state index in [1.807, 2.05) is 18.2 Å². The van der Waals surface area contributed by atoms with Gasteiger partial charge in [-0.2, -0.15) is 0 Å². The highest BCUT2D eigenvalue weighted by Crippen LogP contribution is 2.24. The number of aliphatic hydroxyl groups excluding tert-OH is 1. The zero-order chi connectivity index (χ0) is 13.2. The molecule has 2 atom stereocenters. The van der Waals surface area contributed by atoms with E-state index in [9.17, 15) is 5.11 Å². The molecule has 2 aliphatic rings. The fourth-order valence-corrected chi connectivity index (χ4v) is 3.52. The molecule has 3 nitrogen and oxygen atoms in total. The summed E-state index contributed by atoms with van der Waals surface area (Å²) in [6.07, 6.45) is 2.32. The molecule has 0 amide bonds. The maximum absolute atomic E-state index is 10.4. The topological polar surface area (TPSA) is 26.7 Å². The van der Waals surface area contributed by atoms with Crippen molar-refractivity contribution in [3.8, 4) is 0 Å². The van der Waals surface area contributed by atoms with Crippen molar-refractivity contribution in [2.45, 2.75) is 31.9 Å². The van der Waals surface area contributed by atoms with Gasteiger partial charge in [-0.1, -0.05) is 24.3 Å². The number of piperazine rings is 1. The molecule has 19 heavy (non-hydrogen) atoms. The summed E-state index contributed by atoms with van der Waals surface area (Å²) in [6.45, 7) is 7.52. The summed E-state index contributed by atoms with van der Waals surface area (Å²) in [6, 6.07) is 8.90. The van der Waals surface area contributed by atoms with Crippen LogP contribution < -0.4 is 0 Å². The first-order chi connectivity index (χ1) is 9.24. The summed E-state index contributed by atoms with van der Waals surface area (Å²) in [5, 5.41) is 10.4. The molecule has 0 bridgehead atoms. The second-order valence-corrected chi connectivity index (χ2v) is 5.96. The number of rotatable bonds is 3. The standard InChI is InChI=1S/C16H24N2O/c1-13-5-2-3-7-15(13)16(19)12-17-9-10-18-8-4-6-14(18)11-17/h2-3,5,7,14,16,19H,4,6,8-12H2,1H3. The van der Waals surface area contributed by atoms with Gasteiger partial charge in [0.1, 0.15) is 0 Å². The van der Waals surface area contributed by atoms with E-state index < -0.39 is 0 Å². The van der Waals surface area contributed by atoms with Crippen molar-refractivity contribution < 1.29 is 5.11 Å². The van der Waals surface area contributed by atoms with Crippen molar-refractivity contribution >= 4 is 0 Å². The number of hydrogen-bond acceptors (Lipinski definition) is 3. The zero-order valence-electron chi connectivity index (χ0n) is 11.8. The highest BCUT2D eigenvalue weighted by Gasteiger charge is 2.31. The van der Waals surface area contributed by atoms with Crippen LogP contribution in [0.15, 0.2) is 24.3 Å². The van der Waals surface area contributed by atoms with Crippen molar-refractivity contribution in [2.24, 2.45) is 0 Å². The summed E-state index contributed by atoms with van der Waals surface area (Å²) in [7, 11) is 0. The summed E-state index contributed by atoms with van der Waals surface area (Å²) in [5.74, 6) is 0. The van der Waals surface area contributed by atoms with Gasteiger partial charge in [-0.25, -0.2) is 0 Å². The Labute approximate surface area is 115 Å². The molecule has 3 rings (SSSR count). The van der Waals surface area contributed by atoms with E-state index in [1.165, 1.54) is 31.5 Å². The third-order valence-electron chi connectivity index (χ3n) is 4.65. The molecule has 2 fully saturated rings. The highest BCUT2D eigenvalue weighted by atomic mass is 16.3. The number of hydrogen-bond donors (Lipinski definition) is 1. The van der Waals surface area contributed by atoms with E-state index >= 15 is 0 Å². The maximum atomic E-state index is 10.4. The predicted molar refractivity (Wildman–Crippen MR) is 77.2 cm³/mol. The van der Waals surface area contributed by atoms with Crippen molar-refractivity contribution in [3.05, 3.63) is 35.4 Å². The van der Waals surface area contributed by atoms with E-state index in [0.717, 1.165) is 31.2 Å². The monoisotopic (exact) mass is 260 g/mol. The van der Waals surface area contributed by atoms with Crippen molar-refractivity contribution in [2.75, 3.05) is 32.7 Å². The summed E-state index contributed by atoms with van der Waals surface area (Å²) in [4.78, 5) is 5.04. The fourth-order valence-electron chi connectivity index (χ4n) is 3.52. The zero-order valence-corrected chi connectivity index (χ0v) is 11.8. The first kappa shape index (κ1) is 13.1. The maximum Gasteiger partial charge on any atom is 0.0919 e. The van der Waals surface area contributed by atoms with Crippen molar-refractivity contribution in [1.29, 1.82) is 0 Å². The number of β-amino-alcohol motifs (C(OH)–C–C–N with tert-alkyl or cyclic N) is 1. The Morgan fingerprint density at radius 3 is 2.95 bits per heavy atom. The second kappa shape index (κ2) is 5.61. The Morgan fingerprint density at radius 1 is 1.26 bits per heavy atom. The van der Waals surface area contributed by atoms with Gasteiger partial charge in [0.25, 0.3) is 0 Å². The fraction of sp³-hybridized carbons (Fsp3) is 0.625. The number of nitrogens with zero attached hydrogens (tertiary/aromatic N) is 2. The number of aliphatic hydroxyl groups is 1. The Balaban J connectivity index is 1.61. The molecule has 2 unspecified atom stereocenters. The Bertz CT molecular complexity index is 435. The predicted octanol–water partition coefficient (Wildman–Crippen LogP) is 1.81. The molecule has 1 aromatic carbocycles. The molecule has 2 heterocycles. The van der Waals surface area contributed by atoms with Gasteiger partial charge in [0.05, 0.1) is 6.10 Å². The average Bonchev–Trinajstić information content (AvgIpc) is 2.86. The first-order valence-electron chi connectivity index (χ1n) is 7.44. The molecule has 0 aromatic heterocycles. The van der Waals surface area contributed by atoms with E-state index in [1.54, 1.807) is 0 Å². The minimum atomic E-state index is -0.353. The van der Waals surface area contributed by atoms with Gasteiger partial charge in [-0.05, 0) is 37.4 Å². The molecule has 0 aliphatic carbocycles. The van der Waals surface area contributed by atoms with Crippen LogP contribution in [0.3, 0.4) is 0 Å². The van der Waals surface area contributed by atoms with Crippen LogP contribution in [0.5, 0.6) is 0 Å². The lowest BCUT2D eigenvalue weighted by Gasteiger charge is -2.38. The van der Waals surface area contributed by atoms with Crippen molar-refractivity contribution in [1.82, 2.24) is 9.80 Å². The van der Waals surface area contributed by atoms with E-state index in [-0.39, 0.29) is 6.10 Å². The number of benzene rings is 1. The summed E-state index contributed by atoms with van der Waals surface area (Å²) < 4.78 is 0. The van der Waals surface area contributed by atoms with Crippen LogP contribution in [-0.4, -0.2) is 53.7 Å². The average molecular weight is 260 g/mol. The molecule has 1 aromatic rings. The smallest absolute Gasteiger partial charge is 0.0919 e. The molecule has 0 radical (unpaired) electrons. The molecule has 2 saturated heterocycles. The number of aryl methyl sites for hydroxylation is 1. The van der Waals surface area contributed by atoms with Crippen LogP contribution in [0.25, 0.3) is 0 Å². The largest absolute Gasteiger partial charge is 0.387 e. The van der Waals surface area contributed by atoms with Gasteiger partial charge < -0.3 is 5.11 Å². The van der Waals surface area contributed by atoms with Crippen molar-refractivity contribution in [3.63, 3.8) is 0 Å². The summed E-state index contributed by atoms with van der Waals surface area (Å²) in [5.41, 5.74) is 2.27. The third-order valence-corrected chi connectivity index (χ3v) is 4.65. The Hall–Kier alpha value is -0.900. The van der Waals surface area contributed by atoms with Gasteiger partial charge in [-0.15, -0.1) is 0 Å². The lowest BCUT2D eigenvalue weighted by molar-refractivity contribution is 0.0564. The molecular weight excluding hydrogens is 236 g/mol. The molecular formula is C16H24N2O. The SMILES string of the molecule is Cc1ccccc1C(O)CN1CCN2CCCC2C1. The van der Waals surface area contributed by atoms with Gasteiger partial charge in [0, 0.05) is 32.2 Å². The molecule has 0 saturated carbocycles. The third kappa shape index (κ3) is 2.83. The first-order valence-corrected chi connectivity index (χ1v) is 7.44. The molecule has 2 aliphatic heterocycles. The van der Waals surface area contributed by atoms with Crippen LogP contribution in [0.2, 0.25) is 0 Å². The van der Waals surface area contributed by atoms with E-state index in [0.29, 0.717) is 0 Å². The lowest BCUT2D eigenvalue weighted by Crippen LogP contribution is -2.50. The molecule has 1 N–H and O–H groups in total. The molecule has 3 heteroatoms. The van der Waals surface area contributed by atoms with Crippen LogP contribution in [-0.2, 0) is 0 Å². The van der Waals surface area contributed by atoms with E-state index in [2.05, 4.69) is 22.8 Å². The van der Waals surface area contributed by atoms with Gasteiger partial charge >= 0.3 is 0 Å². The Kier molecular flexibility index (Phi) is 3.87. The highest BCUT2D eigenvalue weighted by molar-refractivity contribution is 5.27. The lowest BCUT2D eigenvalue weighted by atomic mass is 10.0. The van der Waals surface area contributed by atoms with Gasteiger partial charge in [0.2, 0.25) is 0 Å². The van der Waals surface area contributed by atoms with Crippen LogP contribution >= 0.6 is 0 Å². The van der Waals surface area contributed by atoms with Gasteiger partial charge in [-0.3, -0.25) is 9.80 Å². The molecule has 104 valence electrons. The van der Waals surface area contributed by atoms with Gasteiger partial charge in [0.15, 0.2) is 0 Å². The quantitative estimate of drug-likeness (QED) is 0.898.